The second-order valence-electron chi connectivity index (χ2n) is 5.27. The minimum absolute atomic E-state index is 0.0931. The first-order valence-electron chi connectivity index (χ1n) is 7.14. The van der Waals surface area contributed by atoms with Crippen LogP contribution in [0, 0.1) is 0 Å². The molecular formula is C15H15N5O4. The van der Waals surface area contributed by atoms with Gasteiger partial charge in [0.1, 0.15) is 13.2 Å². The van der Waals surface area contributed by atoms with E-state index in [9.17, 15) is 14.4 Å². The van der Waals surface area contributed by atoms with E-state index in [2.05, 4.69) is 9.97 Å². The lowest BCUT2D eigenvalue weighted by molar-refractivity contribution is -0.145. The smallest absolute Gasteiger partial charge is 0.332 e. The third-order valence-electron chi connectivity index (χ3n) is 3.64. The molecule has 0 amide bonds. The lowest BCUT2D eigenvalue weighted by Gasteiger charge is -2.07. The van der Waals surface area contributed by atoms with Crippen molar-refractivity contribution in [2.24, 2.45) is 14.1 Å². The van der Waals surface area contributed by atoms with E-state index in [1.165, 1.54) is 29.6 Å². The first kappa shape index (κ1) is 15.7. The zero-order valence-corrected chi connectivity index (χ0v) is 13.2. The van der Waals surface area contributed by atoms with Crippen LogP contribution in [0.2, 0.25) is 0 Å². The summed E-state index contributed by atoms with van der Waals surface area (Å²) in [4.78, 5) is 44.1. The van der Waals surface area contributed by atoms with Gasteiger partial charge >= 0.3 is 11.7 Å². The monoisotopic (exact) mass is 329 g/mol. The molecule has 0 fully saturated rings. The van der Waals surface area contributed by atoms with Gasteiger partial charge in [-0.1, -0.05) is 6.07 Å². The Labute approximate surface area is 135 Å². The fourth-order valence-corrected chi connectivity index (χ4v) is 2.35. The van der Waals surface area contributed by atoms with Crippen LogP contribution in [0.15, 0.2) is 40.4 Å². The van der Waals surface area contributed by atoms with Gasteiger partial charge in [-0.3, -0.25) is 23.7 Å². The Morgan fingerprint density at radius 1 is 1.25 bits per heavy atom. The molecule has 3 rings (SSSR count). The van der Waals surface area contributed by atoms with Gasteiger partial charge < -0.3 is 9.30 Å². The highest BCUT2D eigenvalue weighted by molar-refractivity contribution is 5.75. The molecule has 9 heteroatoms. The summed E-state index contributed by atoms with van der Waals surface area (Å²) in [6.07, 6.45) is 4.57. The maximum Gasteiger partial charge on any atom is 0.332 e. The third-order valence-corrected chi connectivity index (χ3v) is 3.64. The van der Waals surface area contributed by atoms with Gasteiger partial charge in [0.15, 0.2) is 11.2 Å². The van der Waals surface area contributed by atoms with Crippen LogP contribution in [0.25, 0.3) is 11.2 Å². The van der Waals surface area contributed by atoms with Crippen LogP contribution in [0.1, 0.15) is 5.56 Å². The molecule has 0 saturated carbocycles. The summed E-state index contributed by atoms with van der Waals surface area (Å²) >= 11 is 0. The van der Waals surface area contributed by atoms with E-state index < -0.39 is 17.2 Å². The van der Waals surface area contributed by atoms with E-state index >= 15 is 0 Å². The second-order valence-corrected chi connectivity index (χ2v) is 5.27. The summed E-state index contributed by atoms with van der Waals surface area (Å²) < 4.78 is 8.78. The van der Waals surface area contributed by atoms with E-state index in [1.807, 2.05) is 0 Å². The summed E-state index contributed by atoms with van der Waals surface area (Å²) in [5.41, 5.74) is 0.184. The molecule has 0 bridgehead atoms. The van der Waals surface area contributed by atoms with Gasteiger partial charge in [0, 0.05) is 32.1 Å². The summed E-state index contributed by atoms with van der Waals surface area (Å²) in [5.74, 6) is -0.519. The van der Waals surface area contributed by atoms with Gasteiger partial charge in [-0.25, -0.2) is 9.78 Å². The van der Waals surface area contributed by atoms with E-state index in [0.29, 0.717) is 0 Å². The van der Waals surface area contributed by atoms with Crippen LogP contribution in [0.3, 0.4) is 0 Å². The van der Waals surface area contributed by atoms with Gasteiger partial charge in [-0.2, -0.15) is 0 Å². The highest BCUT2D eigenvalue weighted by Crippen LogP contribution is 2.06. The minimum atomic E-state index is -0.519. The Kier molecular flexibility index (Phi) is 3.98. The van der Waals surface area contributed by atoms with Crippen molar-refractivity contribution < 1.29 is 9.53 Å². The van der Waals surface area contributed by atoms with Crippen LogP contribution in [-0.4, -0.2) is 29.6 Å². The number of esters is 1. The number of pyridine rings is 1. The molecule has 3 aromatic heterocycles. The van der Waals surface area contributed by atoms with Crippen LogP contribution in [0.5, 0.6) is 0 Å². The highest BCUT2D eigenvalue weighted by Gasteiger charge is 2.16. The largest absolute Gasteiger partial charge is 0.459 e. The van der Waals surface area contributed by atoms with Crippen molar-refractivity contribution in [3.63, 3.8) is 0 Å². The average Bonchev–Trinajstić information content (AvgIpc) is 3.01. The molecule has 0 aromatic carbocycles. The van der Waals surface area contributed by atoms with Crippen LogP contribution in [-0.2, 0) is 36.8 Å². The Morgan fingerprint density at radius 2 is 2.04 bits per heavy atom. The third kappa shape index (κ3) is 2.71. The number of carbonyl (C=O) groups is 1. The van der Waals surface area contributed by atoms with Crippen molar-refractivity contribution in [3.8, 4) is 0 Å². The number of aromatic nitrogens is 5. The summed E-state index contributed by atoms with van der Waals surface area (Å²) in [5, 5.41) is 0. The van der Waals surface area contributed by atoms with Gasteiger partial charge in [0.2, 0.25) is 0 Å². The van der Waals surface area contributed by atoms with E-state index in [-0.39, 0.29) is 24.3 Å². The Bertz CT molecular complexity index is 1020. The van der Waals surface area contributed by atoms with Gasteiger partial charge in [-0.15, -0.1) is 0 Å². The number of aryl methyl sites for hydroxylation is 1. The molecule has 0 spiro atoms. The minimum Gasteiger partial charge on any atom is -0.459 e. The fourth-order valence-electron chi connectivity index (χ4n) is 2.35. The number of hydrogen-bond acceptors (Lipinski definition) is 6. The molecule has 9 nitrogen and oxygen atoms in total. The van der Waals surface area contributed by atoms with Crippen molar-refractivity contribution in [1.82, 2.24) is 23.7 Å². The molecule has 0 unspecified atom stereocenters. The van der Waals surface area contributed by atoms with Crippen molar-refractivity contribution in [2.45, 2.75) is 13.2 Å². The lowest BCUT2D eigenvalue weighted by atomic mass is 10.3. The van der Waals surface area contributed by atoms with Crippen molar-refractivity contribution in [2.75, 3.05) is 0 Å². The molecule has 0 radical (unpaired) electrons. The van der Waals surface area contributed by atoms with Crippen LogP contribution in [0.4, 0.5) is 0 Å². The Morgan fingerprint density at radius 3 is 2.75 bits per heavy atom. The molecule has 3 heterocycles. The summed E-state index contributed by atoms with van der Waals surface area (Å²) in [6.45, 7) is -0.0833. The molecule has 24 heavy (non-hydrogen) atoms. The SMILES string of the molecule is Cn1c(=O)c2c(ncn2CC(=O)OCc2cccnc2)n(C)c1=O. The lowest BCUT2D eigenvalue weighted by Crippen LogP contribution is -2.37. The summed E-state index contributed by atoms with van der Waals surface area (Å²) in [6, 6.07) is 3.54. The van der Waals surface area contributed by atoms with E-state index in [1.54, 1.807) is 24.5 Å². The van der Waals surface area contributed by atoms with Gasteiger partial charge in [-0.05, 0) is 6.07 Å². The average molecular weight is 329 g/mol. The normalized spacial score (nSPS) is 10.9. The zero-order chi connectivity index (χ0) is 17.3. The van der Waals surface area contributed by atoms with Gasteiger partial charge in [0.05, 0.1) is 6.33 Å². The number of fused-ring (bicyclic) bond motifs is 1. The molecule has 0 N–H and O–H groups in total. The molecule has 3 aromatic rings. The van der Waals surface area contributed by atoms with Crippen molar-refractivity contribution >= 4 is 17.1 Å². The number of carbonyl (C=O) groups excluding carboxylic acids is 1. The molecular weight excluding hydrogens is 314 g/mol. The summed E-state index contributed by atoms with van der Waals surface area (Å²) in [7, 11) is 2.89. The topological polar surface area (TPSA) is 101 Å². The molecule has 0 atom stereocenters. The predicted octanol–water partition coefficient (Wildman–Crippen LogP) is -0.428. The van der Waals surface area contributed by atoms with Crippen LogP contribution < -0.4 is 11.2 Å². The zero-order valence-electron chi connectivity index (χ0n) is 13.2. The quantitative estimate of drug-likeness (QED) is 0.602. The maximum absolute atomic E-state index is 12.3. The predicted molar refractivity (Wildman–Crippen MR) is 84.2 cm³/mol. The van der Waals surface area contributed by atoms with Crippen LogP contribution >= 0.6 is 0 Å². The first-order chi connectivity index (χ1) is 11.5. The number of nitrogens with zero attached hydrogens (tertiary/aromatic N) is 5. The van der Waals surface area contributed by atoms with Gasteiger partial charge in [0.25, 0.3) is 5.56 Å². The molecule has 0 aliphatic heterocycles. The molecule has 0 aliphatic carbocycles. The number of ether oxygens (including phenoxy) is 1. The van der Waals surface area contributed by atoms with Crippen molar-refractivity contribution in [3.05, 3.63) is 57.3 Å². The number of hydrogen-bond donors (Lipinski definition) is 0. The highest BCUT2D eigenvalue weighted by atomic mass is 16.5. The maximum atomic E-state index is 12.3. The Balaban J connectivity index is 1.84. The number of imidazole rings is 1. The second kappa shape index (κ2) is 6.11. The standard InChI is InChI=1S/C15H15N5O4/c1-18-13-12(14(22)19(2)15(18)23)20(9-17-13)7-11(21)24-8-10-4-3-5-16-6-10/h3-6,9H,7-8H2,1-2H3. The van der Waals surface area contributed by atoms with E-state index in [4.69, 9.17) is 4.74 Å². The Hall–Kier alpha value is -3.23. The fraction of sp³-hybridized carbons (Fsp3) is 0.267. The first-order valence-corrected chi connectivity index (χ1v) is 7.14. The van der Waals surface area contributed by atoms with Crippen molar-refractivity contribution in [1.29, 1.82) is 0 Å². The van der Waals surface area contributed by atoms with E-state index in [0.717, 1.165) is 10.1 Å². The molecule has 0 saturated heterocycles. The molecule has 0 aliphatic rings. The number of rotatable bonds is 4. The molecule has 124 valence electrons.